The molecule has 2 saturated heterocycles. The summed E-state index contributed by atoms with van der Waals surface area (Å²) in [4.78, 5) is 28.6. The van der Waals surface area contributed by atoms with Gasteiger partial charge >= 0.3 is 6.03 Å². The number of hydrogen-bond acceptors (Lipinski definition) is 4. The summed E-state index contributed by atoms with van der Waals surface area (Å²) in [5.74, 6) is 0.0524. The van der Waals surface area contributed by atoms with E-state index in [-0.39, 0.29) is 18.0 Å². The Morgan fingerprint density at radius 2 is 1.85 bits per heavy atom. The highest BCUT2D eigenvalue weighted by Crippen LogP contribution is 2.20. The van der Waals surface area contributed by atoms with Crippen molar-refractivity contribution in [1.29, 1.82) is 0 Å². The monoisotopic (exact) mass is 369 g/mol. The van der Waals surface area contributed by atoms with Crippen LogP contribution in [0, 0.1) is 0 Å². The average molecular weight is 369 g/mol. The Labute approximate surface area is 157 Å². The molecule has 8 nitrogen and oxygen atoms in total. The molecule has 2 aliphatic rings. The summed E-state index contributed by atoms with van der Waals surface area (Å²) in [5.41, 5.74) is 1.51. The summed E-state index contributed by atoms with van der Waals surface area (Å²) < 4.78 is 7.19. The largest absolute Gasteiger partial charge is 0.368 e. The normalized spacial score (nSPS) is 19.9. The average Bonchev–Trinajstić information content (AvgIpc) is 3.42. The minimum absolute atomic E-state index is 0.0524. The van der Waals surface area contributed by atoms with Gasteiger partial charge in [0.2, 0.25) is 0 Å². The molecule has 3 heterocycles. The van der Waals surface area contributed by atoms with Crippen LogP contribution in [0.5, 0.6) is 0 Å². The quantitative estimate of drug-likeness (QED) is 0.894. The van der Waals surface area contributed by atoms with Gasteiger partial charge in [0.25, 0.3) is 5.91 Å². The number of carbonyl (C=O) groups is 2. The van der Waals surface area contributed by atoms with Crippen molar-refractivity contribution in [2.75, 3.05) is 38.1 Å². The number of amides is 3. The van der Waals surface area contributed by atoms with Crippen molar-refractivity contribution in [2.24, 2.45) is 0 Å². The lowest BCUT2D eigenvalue weighted by Crippen LogP contribution is -2.53. The van der Waals surface area contributed by atoms with E-state index >= 15 is 0 Å². The third-order valence-electron chi connectivity index (χ3n) is 4.98. The zero-order chi connectivity index (χ0) is 18.6. The van der Waals surface area contributed by atoms with Crippen molar-refractivity contribution in [2.45, 2.75) is 18.9 Å². The molecule has 2 aliphatic heterocycles. The van der Waals surface area contributed by atoms with Gasteiger partial charge in [-0.1, -0.05) is 12.1 Å². The molecule has 0 bridgehead atoms. The predicted molar refractivity (Wildman–Crippen MR) is 99.7 cm³/mol. The minimum Gasteiger partial charge on any atom is -0.368 e. The van der Waals surface area contributed by atoms with Gasteiger partial charge in [0.05, 0.1) is 11.4 Å². The zero-order valence-corrected chi connectivity index (χ0v) is 15.1. The van der Waals surface area contributed by atoms with E-state index in [0.717, 1.165) is 18.5 Å². The van der Waals surface area contributed by atoms with Gasteiger partial charge in [-0.2, -0.15) is 5.10 Å². The number of piperazine rings is 1. The van der Waals surface area contributed by atoms with Crippen LogP contribution in [-0.2, 0) is 9.53 Å². The summed E-state index contributed by atoms with van der Waals surface area (Å²) in [6.45, 7) is 2.75. The summed E-state index contributed by atoms with van der Waals surface area (Å²) in [7, 11) is 0. The Morgan fingerprint density at radius 1 is 1.07 bits per heavy atom. The van der Waals surface area contributed by atoms with E-state index in [1.54, 1.807) is 20.7 Å². The van der Waals surface area contributed by atoms with Gasteiger partial charge in [0.15, 0.2) is 0 Å². The lowest BCUT2D eigenvalue weighted by atomic mass is 10.2. The maximum Gasteiger partial charge on any atom is 0.322 e. The van der Waals surface area contributed by atoms with E-state index in [2.05, 4.69) is 10.4 Å². The Hall–Kier alpha value is -2.87. The SMILES string of the molecule is O=C(Nc1ccccc1-n1cccn1)N1CCN(C(=O)C2CCCO2)CC1. The topological polar surface area (TPSA) is 79.7 Å². The van der Waals surface area contributed by atoms with Crippen molar-refractivity contribution in [1.82, 2.24) is 19.6 Å². The molecule has 4 rings (SSSR count). The Kier molecular flexibility index (Phi) is 5.06. The van der Waals surface area contributed by atoms with Gasteiger partial charge in [-0.15, -0.1) is 0 Å². The van der Waals surface area contributed by atoms with Crippen molar-refractivity contribution >= 4 is 17.6 Å². The van der Waals surface area contributed by atoms with Gasteiger partial charge in [0, 0.05) is 45.2 Å². The molecule has 0 aliphatic carbocycles. The summed E-state index contributed by atoms with van der Waals surface area (Å²) in [5, 5.41) is 7.20. The van der Waals surface area contributed by atoms with E-state index < -0.39 is 0 Å². The van der Waals surface area contributed by atoms with E-state index in [0.29, 0.717) is 38.5 Å². The van der Waals surface area contributed by atoms with Gasteiger partial charge in [-0.25, -0.2) is 9.48 Å². The number of benzene rings is 1. The first-order valence-electron chi connectivity index (χ1n) is 9.28. The molecular formula is C19H23N5O3. The highest BCUT2D eigenvalue weighted by molar-refractivity contribution is 5.91. The highest BCUT2D eigenvalue weighted by atomic mass is 16.5. The number of rotatable bonds is 3. The molecule has 27 heavy (non-hydrogen) atoms. The number of urea groups is 1. The van der Waals surface area contributed by atoms with Gasteiger partial charge in [0.1, 0.15) is 6.10 Å². The molecule has 1 aromatic heterocycles. The van der Waals surface area contributed by atoms with Crippen LogP contribution in [0.2, 0.25) is 0 Å². The maximum absolute atomic E-state index is 12.7. The molecule has 1 atom stereocenters. The standard InChI is InChI=1S/C19H23N5O3/c25-18(17-7-3-14-27-17)22-10-12-23(13-11-22)19(26)21-15-5-1-2-6-16(15)24-9-4-8-20-24/h1-2,4-6,8-9,17H,3,7,10-14H2,(H,21,26). The first-order chi connectivity index (χ1) is 13.2. The Bertz CT molecular complexity index is 793. The lowest BCUT2D eigenvalue weighted by Gasteiger charge is -2.35. The molecule has 2 fully saturated rings. The maximum atomic E-state index is 12.7. The van der Waals surface area contributed by atoms with Crippen molar-refractivity contribution < 1.29 is 14.3 Å². The number of hydrogen-bond donors (Lipinski definition) is 1. The van der Waals surface area contributed by atoms with Gasteiger partial charge in [-0.3, -0.25) is 4.79 Å². The van der Waals surface area contributed by atoms with Gasteiger partial charge in [-0.05, 0) is 31.0 Å². The molecular weight excluding hydrogens is 346 g/mol. The third-order valence-corrected chi connectivity index (χ3v) is 4.98. The minimum atomic E-state index is -0.300. The predicted octanol–water partition coefficient (Wildman–Crippen LogP) is 1.73. The lowest BCUT2D eigenvalue weighted by molar-refractivity contribution is -0.142. The van der Waals surface area contributed by atoms with Crippen LogP contribution in [0.25, 0.3) is 5.69 Å². The van der Waals surface area contributed by atoms with Gasteiger partial charge < -0.3 is 19.9 Å². The molecule has 0 radical (unpaired) electrons. The van der Waals surface area contributed by atoms with Crippen molar-refractivity contribution in [3.05, 3.63) is 42.7 Å². The van der Waals surface area contributed by atoms with Crippen molar-refractivity contribution in [3.63, 3.8) is 0 Å². The number of anilines is 1. The molecule has 0 saturated carbocycles. The fourth-order valence-corrected chi connectivity index (χ4v) is 3.49. The highest BCUT2D eigenvalue weighted by Gasteiger charge is 2.31. The fraction of sp³-hybridized carbons (Fsp3) is 0.421. The van der Waals surface area contributed by atoms with Crippen LogP contribution in [-0.4, -0.2) is 70.4 Å². The summed E-state index contributed by atoms with van der Waals surface area (Å²) >= 11 is 0. The summed E-state index contributed by atoms with van der Waals surface area (Å²) in [6, 6.07) is 9.21. The van der Waals surface area contributed by atoms with Crippen molar-refractivity contribution in [3.8, 4) is 5.69 Å². The van der Waals surface area contributed by atoms with Crippen LogP contribution in [0.1, 0.15) is 12.8 Å². The van der Waals surface area contributed by atoms with Crippen LogP contribution < -0.4 is 5.32 Å². The molecule has 2 aromatic rings. The van der Waals surface area contributed by atoms with E-state index in [1.807, 2.05) is 36.5 Å². The molecule has 3 amide bonds. The molecule has 1 N–H and O–H groups in total. The van der Waals surface area contributed by atoms with E-state index in [9.17, 15) is 9.59 Å². The zero-order valence-electron chi connectivity index (χ0n) is 15.1. The van der Waals surface area contributed by atoms with Crippen LogP contribution in [0.4, 0.5) is 10.5 Å². The number of nitrogens with one attached hydrogen (secondary N) is 1. The smallest absolute Gasteiger partial charge is 0.322 e. The van der Waals surface area contributed by atoms with Crippen LogP contribution >= 0.6 is 0 Å². The third kappa shape index (κ3) is 3.80. The van der Waals surface area contributed by atoms with E-state index in [1.165, 1.54) is 0 Å². The first kappa shape index (κ1) is 17.5. The first-order valence-corrected chi connectivity index (χ1v) is 9.28. The number of aromatic nitrogens is 2. The number of nitrogens with zero attached hydrogens (tertiary/aromatic N) is 4. The number of ether oxygens (including phenoxy) is 1. The Morgan fingerprint density at radius 3 is 2.56 bits per heavy atom. The molecule has 8 heteroatoms. The molecule has 1 aromatic carbocycles. The molecule has 1 unspecified atom stereocenters. The fourth-order valence-electron chi connectivity index (χ4n) is 3.49. The molecule has 0 spiro atoms. The second-order valence-electron chi connectivity index (χ2n) is 6.71. The Balaban J connectivity index is 1.36. The number of para-hydroxylation sites is 2. The second-order valence-corrected chi connectivity index (χ2v) is 6.71. The van der Waals surface area contributed by atoms with Crippen LogP contribution in [0.15, 0.2) is 42.7 Å². The second kappa shape index (κ2) is 7.79. The van der Waals surface area contributed by atoms with Crippen LogP contribution in [0.3, 0.4) is 0 Å². The number of carbonyl (C=O) groups excluding carboxylic acids is 2. The van der Waals surface area contributed by atoms with E-state index in [4.69, 9.17) is 4.74 Å². The summed E-state index contributed by atoms with van der Waals surface area (Å²) in [6.07, 6.45) is 4.97. The molecule has 142 valence electrons.